The van der Waals surface area contributed by atoms with Crippen LogP contribution in [0.2, 0.25) is 0 Å². The van der Waals surface area contributed by atoms with Gasteiger partial charge in [0.25, 0.3) is 0 Å². The molecule has 4 heteroatoms. The molecule has 0 aliphatic carbocycles. The van der Waals surface area contributed by atoms with Gasteiger partial charge in [-0.05, 0) is 70.8 Å². The summed E-state index contributed by atoms with van der Waals surface area (Å²) < 4.78 is 15.8. The Morgan fingerprint density at radius 2 is 1.08 bits per heavy atom. The van der Waals surface area contributed by atoms with Gasteiger partial charge in [0.15, 0.2) is 5.58 Å². The van der Waals surface area contributed by atoms with E-state index in [0.717, 1.165) is 72.1 Å². The summed E-state index contributed by atoms with van der Waals surface area (Å²) in [6, 6.07) is 62.4. The second-order valence-corrected chi connectivity index (χ2v) is 14.3. The van der Waals surface area contributed by atoms with Gasteiger partial charge in [-0.15, -0.1) is 11.3 Å². The molecule has 0 saturated carbocycles. The second-order valence-electron chi connectivity index (χ2n) is 13.2. The van der Waals surface area contributed by atoms with E-state index in [4.69, 9.17) is 8.83 Å². The van der Waals surface area contributed by atoms with Crippen LogP contribution in [-0.2, 0) is 0 Å². The van der Waals surface area contributed by atoms with Gasteiger partial charge in [0, 0.05) is 47.4 Å². The molecule has 11 aromatic rings. The molecule has 52 heavy (non-hydrogen) atoms. The first-order chi connectivity index (χ1) is 25.8. The van der Waals surface area contributed by atoms with E-state index in [-0.39, 0.29) is 0 Å². The lowest BCUT2D eigenvalue weighted by molar-refractivity contribution is 0.669. The van der Waals surface area contributed by atoms with E-state index in [9.17, 15) is 0 Å². The third kappa shape index (κ3) is 4.38. The topological polar surface area (TPSA) is 29.5 Å². The first kappa shape index (κ1) is 29.1. The molecule has 0 bridgehead atoms. The highest BCUT2D eigenvalue weighted by atomic mass is 32.1. The lowest BCUT2D eigenvalue weighted by Crippen LogP contribution is -2.10. The van der Waals surface area contributed by atoms with Crippen molar-refractivity contribution in [3.8, 4) is 22.3 Å². The number of benzene rings is 8. The summed E-state index contributed by atoms with van der Waals surface area (Å²) in [7, 11) is 0. The Labute approximate surface area is 303 Å². The zero-order valence-electron chi connectivity index (χ0n) is 27.9. The fraction of sp³-hybridized carbons (Fsp3) is 0. The van der Waals surface area contributed by atoms with Gasteiger partial charge in [-0.2, -0.15) is 0 Å². The molecule has 3 aromatic heterocycles. The number of nitrogens with zero attached hydrogens (tertiary/aromatic N) is 1. The lowest BCUT2D eigenvalue weighted by atomic mass is 9.98. The maximum atomic E-state index is 6.74. The largest absolute Gasteiger partial charge is 0.456 e. The molecular formula is C48H29NO2S. The maximum absolute atomic E-state index is 6.74. The Morgan fingerprint density at radius 1 is 0.404 bits per heavy atom. The zero-order chi connectivity index (χ0) is 34.2. The first-order valence-corrected chi connectivity index (χ1v) is 18.3. The summed E-state index contributed by atoms with van der Waals surface area (Å²) in [4.78, 5) is 2.39. The lowest BCUT2D eigenvalue weighted by Gasteiger charge is -2.27. The monoisotopic (exact) mass is 683 g/mol. The standard InChI is InChI=1S/C48H29NO2S/c1-3-13-30(14-4-1)33-19-12-23-43-45(33)38-29-32(25-28-42(38)50-43)49(40-21-11-20-36-35-17-7-9-22-41(35)51-47(36)40)39-27-26-34(31-15-5-2-6-16-31)48-46(39)37-18-8-10-24-44(37)52-48/h1-29H. The molecule has 0 spiro atoms. The fourth-order valence-electron chi connectivity index (χ4n) is 7.97. The third-order valence-corrected chi connectivity index (χ3v) is 11.5. The van der Waals surface area contributed by atoms with Crippen LogP contribution in [0, 0.1) is 0 Å². The fourth-order valence-corrected chi connectivity index (χ4v) is 9.23. The molecule has 0 atom stereocenters. The Morgan fingerprint density at radius 3 is 1.92 bits per heavy atom. The highest BCUT2D eigenvalue weighted by Crippen LogP contribution is 2.51. The van der Waals surface area contributed by atoms with Crippen molar-refractivity contribution in [1.82, 2.24) is 0 Å². The Balaban J connectivity index is 1.25. The van der Waals surface area contributed by atoms with E-state index in [2.05, 4.69) is 175 Å². The van der Waals surface area contributed by atoms with E-state index in [1.807, 2.05) is 17.4 Å². The highest BCUT2D eigenvalue weighted by Gasteiger charge is 2.25. The Kier molecular flexibility index (Phi) is 6.42. The van der Waals surface area contributed by atoms with Crippen LogP contribution in [0.4, 0.5) is 17.1 Å². The van der Waals surface area contributed by atoms with Gasteiger partial charge in [0.2, 0.25) is 0 Å². The summed E-state index contributed by atoms with van der Waals surface area (Å²) in [6.45, 7) is 0. The molecule has 0 unspecified atom stereocenters. The normalized spacial score (nSPS) is 11.8. The molecule has 11 rings (SSSR count). The smallest absolute Gasteiger partial charge is 0.159 e. The molecule has 0 fully saturated rings. The van der Waals surface area contributed by atoms with Crippen LogP contribution in [0.25, 0.3) is 86.3 Å². The quantitative estimate of drug-likeness (QED) is 0.181. The molecule has 0 aliphatic heterocycles. The molecule has 0 aliphatic rings. The van der Waals surface area contributed by atoms with Crippen molar-refractivity contribution in [2.24, 2.45) is 0 Å². The summed E-state index contributed by atoms with van der Waals surface area (Å²) in [5, 5.41) is 6.83. The Hall–Kier alpha value is -6.62. The van der Waals surface area contributed by atoms with Crippen molar-refractivity contribution in [2.75, 3.05) is 4.90 Å². The Bertz CT molecular complexity index is 3130. The van der Waals surface area contributed by atoms with Crippen LogP contribution < -0.4 is 4.90 Å². The van der Waals surface area contributed by atoms with Crippen LogP contribution in [-0.4, -0.2) is 0 Å². The minimum Gasteiger partial charge on any atom is -0.456 e. The van der Waals surface area contributed by atoms with Gasteiger partial charge in [-0.25, -0.2) is 0 Å². The molecule has 8 aromatic carbocycles. The number of hydrogen-bond donors (Lipinski definition) is 0. The summed E-state index contributed by atoms with van der Waals surface area (Å²) >= 11 is 1.85. The van der Waals surface area contributed by atoms with Crippen LogP contribution in [0.3, 0.4) is 0 Å². The molecule has 0 amide bonds. The number of rotatable bonds is 5. The number of fused-ring (bicyclic) bond motifs is 9. The second kappa shape index (κ2) is 11.5. The molecule has 3 heterocycles. The number of furan rings is 2. The minimum atomic E-state index is 0.852. The molecule has 0 saturated heterocycles. The van der Waals surface area contributed by atoms with Gasteiger partial charge >= 0.3 is 0 Å². The van der Waals surface area contributed by atoms with Gasteiger partial charge in [-0.1, -0.05) is 127 Å². The number of para-hydroxylation sites is 2. The number of hydrogen-bond acceptors (Lipinski definition) is 4. The van der Waals surface area contributed by atoms with Crippen LogP contribution in [0.15, 0.2) is 185 Å². The zero-order valence-corrected chi connectivity index (χ0v) is 28.7. The van der Waals surface area contributed by atoms with Crippen molar-refractivity contribution in [2.45, 2.75) is 0 Å². The SMILES string of the molecule is c1ccc(-c2ccc(N(c3ccc4oc5cccc(-c6ccccc6)c5c4c3)c3cccc4c3oc3ccccc34)c3c2sc2ccccc23)cc1. The molecule has 0 radical (unpaired) electrons. The third-order valence-electron chi connectivity index (χ3n) is 10.3. The number of thiophene rings is 1. The van der Waals surface area contributed by atoms with E-state index in [0.29, 0.717) is 0 Å². The molecule has 0 N–H and O–H groups in total. The van der Waals surface area contributed by atoms with Crippen molar-refractivity contribution < 1.29 is 8.83 Å². The van der Waals surface area contributed by atoms with Crippen molar-refractivity contribution >= 4 is 92.4 Å². The average Bonchev–Trinajstić information content (AvgIpc) is 3.91. The predicted octanol–water partition coefficient (Wildman–Crippen LogP) is 14.7. The average molecular weight is 684 g/mol. The molecular weight excluding hydrogens is 655 g/mol. The first-order valence-electron chi connectivity index (χ1n) is 17.5. The molecule has 3 nitrogen and oxygen atoms in total. The van der Waals surface area contributed by atoms with Crippen LogP contribution in [0.5, 0.6) is 0 Å². The van der Waals surface area contributed by atoms with Gasteiger partial charge in [0.05, 0.1) is 11.4 Å². The van der Waals surface area contributed by atoms with E-state index in [1.165, 1.54) is 31.3 Å². The van der Waals surface area contributed by atoms with Crippen molar-refractivity contribution in [3.63, 3.8) is 0 Å². The van der Waals surface area contributed by atoms with Gasteiger partial charge in [0.1, 0.15) is 16.7 Å². The summed E-state index contributed by atoms with van der Waals surface area (Å²) in [5.41, 5.74) is 11.3. The van der Waals surface area contributed by atoms with E-state index < -0.39 is 0 Å². The molecule has 244 valence electrons. The van der Waals surface area contributed by atoms with E-state index >= 15 is 0 Å². The van der Waals surface area contributed by atoms with Crippen LogP contribution >= 0.6 is 11.3 Å². The van der Waals surface area contributed by atoms with Gasteiger partial charge in [-0.3, -0.25) is 0 Å². The highest BCUT2D eigenvalue weighted by molar-refractivity contribution is 7.26. The van der Waals surface area contributed by atoms with Crippen molar-refractivity contribution in [3.05, 3.63) is 176 Å². The van der Waals surface area contributed by atoms with E-state index in [1.54, 1.807) is 0 Å². The number of anilines is 3. The van der Waals surface area contributed by atoms with Gasteiger partial charge < -0.3 is 13.7 Å². The van der Waals surface area contributed by atoms with Crippen LogP contribution in [0.1, 0.15) is 0 Å². The summed E-state index contributed by atoms with van der Waals surface area (Å²) in [6.07, 6.45) is 0. The minimum absolute atomic E-state index is 0.852. The van der Waals surface area contributed by atoms with Crippen molar-refractivity contribution in [1.29, 1.82) is 0 Å². The predicted molar refractivity (Wildman–Crippen MR) is 219 cm³/mol. The summed E-state index contributed by atoms with van der Waals surface area (Å²) in [5.74, 6) is 0. The maximum Gasteiger partial charge on any atom is 0.159 e.